The van der Waals surface area contributed by atoms with Crippen molar-refractivity contribution in [3.63, 3.8) is 0 Å². The van der Waals surface area contributed by atoms with Crippen LogP contribution in [0.4, 0.5) is 0 Å². The Hall–Kier alpha value is -4.06. The van der Waals surface area contributed by atoms with Crippen LogP contribution in [0.5, 0.6) is 0 Å². The van der Waals surface area contributed by atoms with Gasteiger partial charge in [-0.25, -0.2) is 9.97 Å². The summed E-state index contributed by atoms with van der Waals surface area (Å²) in [5.74, 6) is 0.725. The first-order chi connectivity index (χ1) is 14.3. The van der Waals surface area contributed by atoms with Gasteiger partial charge in [-0.1, -0.05) is 42.5 Å². The molecular weight excluding hydrogens is 362 g/mol. The second-order valence-electron chi connectivity index (χ2n) is 6.95. The molecule has 6 aromatic rings. The number of hydrogen-bond acceptors (Lipinski definition) is 5. The first kappa shape index (κ1) is 15.9. The number of imidazole rings is 1. The molecule has 0 radical (unpaired) electrons. The minimum absolute atomic E-state index is 0.496. The number of fused-ring (bicyclic) bond motifs is 4. The van der Waals surface area contributed by atoms with Crippen LogP contribution in [-0.4, -0.2) is 24.7 Å². The summed E-state index contributed by atoms with van der Waals surface area (Å²) in [6.45, 7) is 2.10. The van der Waals surface area contributed by atoms with Crippen molar-refractivity contribution in [2.45, 2.75) is 6.92 Å². The zero-order chi connectivity index (χ0) is 19.4. The van der Waals surface area contributed by atoms with E-state index < -0.39 is 0 Å². The van der Waals surface area contributed by atoms with Crippen molar-refractivity contribution in [1.82, 2.24) is 24.7 Å². The van der Waals surface area contributed by atoms with Crippen molar-refractivity contribution in [2.75, 3.05) is 0 Å². The van der Waals surface area contributed by atoms with E-state index in [9.17, 15) is 0 Å². The average Bonchev–Trinajstić information content (AvgIpc) is 3.34. The van der Waals surface area contributed by atoms with Crippen molar-refractivity contribution >= 4 is 33.2 Å². The van der Waals surface area contributed by atoms with Gasteiger partial charge in [0.25, 0.3) is 0 Å². The molecule has 0 saturated carbocycles. The van der Waals surface area contributed by atoms with Crippen LogP contribution in [-0.2, 0) is 0 Å². The number of nitrogens with zero attached hydrogens (tertiary/aromatic N) is 5. The Kier molecular flexibility index (Phi) is 3.28. The van der Waals surface area contributed by atoms with E-state index in [1.165, 1.54) is 6.33 Å². The molecule has 0 aliphatic heterocycles. The molecule has 0 aliphatic carbocycles. The highest BCUT2D eigenvalue weighted by atomic mass is 16.3. The molecular formula is C23H15N5O. The highest BCUT2D eigenvalue weighted by molar-refractivity contribution is 6.11. The molecule has 0 fully saturated rings. The third-order valence-electron chi connectivity index (χ3n) is 5.21. The smallest absolute Gasteiger partial charge is 0.220 e. The standard InChI is InChI=1S/C23H15N5O/c1-14-11-12-17(20-19(14)16-9-5-6-10-18(16)29-20)22-26-21-23(24-13-25-27-21)28(22)15-7-3-2-4-8-15/h2-13H,1H3. The summed E-state index contributed by atoms with van der Waals surface area (Å²) in [6, 6.07) is 22.3. The monoisotopic (exact) mass is 377 g/mol. The highest BCUT2D eigenvalue weighted by Gasteiger charge is 2.21. The van der Waals surface area contributed by atoms with E-state index in [1.54, 1.807) is 0 Å². The molecule has 0 saturated heterocycles. The fraction of sp³-hybridized carbons (Fsp3) is 0.0435. The maximum atomic E-state index is 6.30. The van der Waals surface area contributed by atoms with E-state index in [0.717, 1.165) is 44.6 Å². The van der Waals surface area contributed by atoms with Crippen molar-refractivity contribution in [2.24, 2.45) is 0 Å². The fourth-order valence-electron chi connectivity index (χ4n) is 3.92. The Morgan fingerprint density at radius 1 is 0.897 bits per heavy atom. The van der Waals surface area contributed by atoms with Crippen LogP contribution in [0, 0.1) is 6.92 Å². The predicted octanol–water partition coefficient (Wildman–Crippen LogP) is 5.09. The lowest BCUT2D eigenvalue weighted by Gasteiger charge is -2.09. The topological polar surface area (TPSA) is 69.6 Å². The summed E-state index contributed by atoms with van der Waals surface area (Å²) >= 11 is 0. The molecule has 6 heteroatoms. The quantitative estimate of drug-likeness (QED) is 0.421. The number of furan rings is 1. The Morgan fingerprint density at radius 3 is 2.62 bits per heavy atom. The minimum Gasteiger partial charge on any atom is -0.455 e. The third-order valence-corrected chi connectivity index (χ3v) is 5.21. The van der Waals surface area contributed by atoms with E-state index in [-0.39, 0.29) is 0 Å². The molecule has 6 nitrogen and oxygen atoms in total. The van der Waals surface area contributed by atoms with Crippen LogP contribution in [0.3, 0.4) is 0 Å². The van der Waals surface area contributed by atoms with E-state index in [0.29, 0.717) is 11.3 Å². The lowest BCUT2D eigenvalue weighted by atomic mass is 10.0. The lowest BCUT2D eigenvalue weighted by molar-refractivity contribution is 0.669. The maximum absolute atomic E-state index is 6.30. The van der Waals surface area contributed by atoms with E-state index in [1.807, 2.05) is 59.2 Å². The largest absolute Gasteiger partial charge is 0.455 e. The second kappa shape index (κ2) is 5.97. The summed E-state index contributed by atoms with van der Waals surface area (Å²) < 4.78 is 8.30. The molecule has 0 aliphatic rings. The zero-order valence-electron chi connectivity index (χ0n) is 15.6. The minimum atomic E-state index is 0.496. The van der Waals surface area contributed by atoms with Gasteiger partial charge < -0.3 is 4.42 Å². The molecule has 0 N–H and O–H groups in total. The number of aromatic nitrogens is 5. The molecule has 0 unspecified atom stereocenters. The highest BCUT2D eigenvalue weighted by Crippen LogP contribution is 2.38. The van der Waals surface area contributed by atoms with E-state index >= 15 is 0 Å². The van der Waals surface area contributed by atoms with Crippen molar-refractivity contribution < 1.29 is 4.42 Å². The molecule has 3 aromatic carbocycles. The molecule has 6 rings (SSSR count). The van der Waals surface area contributed by atoms with Gasteiger partial charge in [0.1, 0.15) is 17.5 Å². The van der Waals surface area contributed by atoms with Gasteiger partial charge in [0.05, 0.1) is 5.56 Å². The van der Waals surface area contributed by atoms with Crippen molar-refractivity contribution in [3.05, 3.63) is 78.6 Å². The van der Waals surface area contributed by atoms with Gasteiger partial charge in [-0.2, -0.15) is 0 Å². The molecule has 0 bridgehead atoms. The third kappa shape index (κ3) is 2.29. The van der Waals surface area contributed by atoms with Gasteiger partial charge in [0.2, 0.25) is 5.65 Å². The van der Waals surface area contributed by atoms with Crippen LogP contribution in [0.1, 0.15) is 5.56 Å². The van der Waals surface area contributed by atoms with Crippen LogP contribution >= 0.6 is 0 Å². The molecule has 3 heterocycles. The van der Waals surface area contributed by atoms with Crippen LogP contribution in [0.25, 0.3) is 50.3 Å². The molecule has 3 aromatic heterocycles. The number of rotatable bonds is 2. The summed E-state index contributed by atoms with van der Waals surface area (Å²) in [6.07, 6.45) is 1.44. The Labute approximate surface area is 165 Å². The summed E-state index contributed by atoms with van der Waals surface area (Å²) in [5.41, 5.74) is 5.84. The zero-order valence-corrected chi connectivity index (χ0v) is 15.6. The Morgan fingerprint density at radius 2 is 1.72 bits per heavy atom. The van der Waals surface area contributed by atoms with Gasteiger partial charge in [0, 0.05) is 16.5 Å². The van der Waals surface area contributed by atoms with Crippen molar-refractivity contribution in [1.29, 1.82) is 0 Å². The number of aryl methyl sites for hydroxylation is 1. The average molecular weight is 377 g/mol. The Balaban J connectivity index is 1.76. The first-order valence-corrected chi connectivity index (χ1v) is 9.34. The maximum Gasteiger partial charge on any atom is 0.220 e. The summed E-state index contributed by atoms with van der Waals surface area (Å²) in [4.78, 5) is 9.22. The number of benzene rings is 3. The normalized spacial score (nSPS) is 11.6. The van der Waals surface area contributed by atoms with Crippen molar-refractivity contribution in [3.8, 4) is 17.1 Å². The van der Waals surface area contributed by atoms with Crippen LogP contribution in [0.15, 0.2) is 77.5 Å². The lowest BCUT2D eigenvalue weighted by Crippen LogP contribution is -1.99. The molecule has 0 spiro atoms. The van der Waals surface area contributed by atoms with Gasteiger partial charge in [-0.3, -0.25) is 4.57 Å². The fourth-order valence-corrected chi connectivity index (χ4v) is 3.92. The Bertz CT molecular complexity index is 1510. The van der Waals surface area contributed by atoms with Gasteiger partial charge in [-0.15, -0.1) is 10.2 Å². The number of para-hydroxylation sites is 2. The molecule has 29 heavy (non-hydrogen) atoms. The van der Waals surface area contributed by atoms with E-state index in [2.05, 4.69) is 34.2 Å². The summed E-state index contributed by atoms with van der Waals surface area (Å²) in [7, 11) is 0. The molecule has 0 atom stereocenters. The first-order valence-electron chi connectivity index (χ1n) is 9.34. The molecule has 0 amide bonds. The van der Waals surface area contributed by atoms with Gasteiger partial charge in [-0.05, 0) is 36.8 Å². The predicted molar refractivity (Wildman–Crippen MR) is 112 cm³/mol. The van der Waals surface area contributed by atoms with Crippen LogP contribution < -0.4 is 0 Å². The van der Waals surface area contributed by atoms with E-state index in [4.69, 9.17) is 9.40 Å². The number of hydrogen-bond donors (Lipinski definition) is 0. The SMILES string of the molecule is Cc1ccc(-c2nc3nncnc3n2-c2ccccc2)c2oc3ccccc3c12. The van der Waals surface area contributed by atoms with Gasteiger partial charge >= 0.3 is 0 Å². The van der Waals surface area contributed by atoms with Gasteiger partial charge in [0.15, 0.2) is 11.5 Å². The summed E-state index contributed by atoms with van der Waals surface area (Å²) in [5, 5.41) is 10.3. The van der Waals surface area contributed by atoms with Crippen LogP contribution in [0.2, 0.25) is 0 Å². The second-order valence-corrected chi connectivity index (χ2v) is 6.95. The molecule has 138 valence electrons.